The second-order valence-corrected chi connectivity index (χ2v) is 33.2. The number of carboxylic acid groups (broad SMARTS) is 2. The molecule has 0 aliphatic heterocycles. The van der Waals surface area contributed by atoms with Gasteiger partial charge >= 0.3 is 29.8 Å². The quantitative estimate of drug-likeness (QED) is 0.0161. The Balaban J connectivity index is 0.000000137. The number of fused-ring (bicyclic) bond motifs is 7. The number of aromatic hydroxyl groups is 3. The molecule has 0 fully saturated rings. The first-order valence-corrected chi connectivity index (χ1v) is 44.6. The molecule has 0 unspecified atom stereocenters. The van der Waals surface area contributed by atoms with Crippen molar-refractivity contribution in [3.63, 3.8) is 0 Å². The monoisotopic (exact) mass is 1960 g/mol. The van der Waals surface area contributed by atoms with Crippen LogP contribution in [0.25, 0.3) is 144 Å². The smallest absolute Gasteiger partial charge is 0.335 e. The second-order valence-electron chi connectivity index (χ2n) is 33.2. The van der Waals surface area contributed by atoms with E-state index in [2.05, 4.69) is 50.0 Å². The van der Waals surface area contributed by atoms with Crippen molar-refractivity contribution < 1.29 is 99.6 Å². The van der Waals surface area contributed by atoms with Gasteiger partial charge in [0.1, 0.15) is 76.3 Å². The number of phenols is 3. The van der Waals surface area contributed by atoms with Crippen molar-refractivity contribution in [1.29, 1.82) is 0 Å². The van der Waals surface area contributed by atoms with E-state index in [0.717, 1.165) is 49.4 Å². The molecule has 0 aliphatic rings. The number of nitrogens with zero attached hydrogens (tertiary/aromatic N) is 6. The molecule has 35 heteroatoms. The number of carboxylic acids is 2. The molecule has 0 radical (unpaired) electrons. The molecule has 145 heavy (non-hydrogen) atoms. The Morgan fingerprint density at radius 3 is 0.869 bits per heavy atom. The molecular formula is C110H86F6N14O15. The van der Waals surface area contributed by atoms with Crippen LogP contribution in [0.15, 0.2) is 304 Å². The number of halogens is 6. The topological polar surface area (TPSA) is 465 Å². The number of amides is 2. The van der Waals surface area contributed by atoms with Gasteiger partial charge in [0.15, 0.2) is 0 Å². The lowest BCUT2D eigenvalue weighted by Crippen LogP contribution is -2.43. The number of aliphatic carboxylic acids is 1. The highest BCUT2D eigenvalue weighted by Gasteiger charge is 2.29. The summed E-state index contributed by atoms with van der Waals surface area (Å²) in [5.74, 6) is -7.01. The lowest BCUT2D eigenvalue weighted by Gasteiger charge is -2.17. The van der Waals surface area contributed by atoms with Crippen LogP contribution in [0, 0.1) is 34.9 Å². The van der Waals surface area contributed by atoms with Gasteiger partial charge < -0.3 is 81.8 Å². The second kappa shape index (κ2) is 44.1. The Bertz CT molecular complexity index is 8260. The van der Waals surface area contributed by atoms with E-state index in [1.165, 1.54) is 131 Å². The van der Waals surface area contributed by atoms with Gasteiger partial charge in [0.05, 0.1) is 94.2 Å². The minimum absolute atomic E-state index is 0.0202. The first kappa shape index (κ1) is 99.2. The van der Waals surface area contributed by atoms with Crippen molar-refractivity contribution >= 4 is 118 Å². The Morgan fingerprint density at radius 1 is 0.303 bits per heavy atom. The van der Waals surface area contributed by atoms with Crippen molar-refractivity contribution in [2.24, 2.45) is 11.5 Å². The third-order valence-electron chi connectivity index (χ3n) is 23.5. The molecule has 20 rings (SSSR count). The highest BCUT2D eigenvalue weighted by molar-refractivity contribution is 6.03. The van der Waals surface area contributed by atoms with Crippen molar-refractivity contribution in [3.8, 4) is 84.8 Å². The molecular weight excluding hydrogens is 1870 g/mol. The van der Waals surface area contributed by atoms with Gasteiger partial charge in [-0.05, 0) is 283 Å². The molecule has 7 aromatic heterocycles. The number of methoxy groups -OCH3 is 3. The van der Waals surface area contributed by atoms with Crippen molar-refractivity contribution in [3.05, 3.63) is 378 Å². The number of benzene rings is 13. The van der Waals surface area contributed by atoms with Crippen LogP contribution >= 0.6 is 0 Å². The zero-order chi connectivity index (χ0) is 102. The number of carbonyl (C=O) groups excluding carboxylic acids is 5. The van der Waals surface area contributed by atoms with Gasteiger partial charge in [0.25, 0.3) is 11.8 Å². The highest BCUT2D eigenvalue weighted by Crippen LogP contribution is 2.38. The maximum atomic E-state index is 13.7. The number of para-hydroxylation sites is 1. The van der Waals surface area contributed by atoms with Crippen LogP contribution < -0.4 is 22.1 Å². The van der Waals surface area contributed by atoms with Gasteiger partial charge in [-0.25, -0.2) is 70.6 Å². The number of aromatic nitrogens is 10. The third kappa shape index (κ3) is 23.5. The minimum atomic E-state index is -1.25. The van der Waals surface area contributed by atoms with Crippen molar-refractivity contribution in [2.75, 3.05) is 21.3 Å². The predicted octanol–water partition coefficient (Wildman–Crippen LogP) is 18.9. The van der Waals surface area contributed by atoms with E-state index in [0.29, 0.717) is 130 Å². The Kier molecular flexibility index (Phi) is 30.2. The molecule has 0 aliphatic carbocycles. The van der Waals surface area contributed by atoms with Crippen LogP contribution in [-0.2, 0) is 59.1 Å². The van der Waals surface area contributed by atoms with Crippen LogP contribution in [0.5, 0.6) is 17.2 Å². The zero-order valence-electron chi connectivity index (χ0n) is 76.9. The average Bonchev–Trinajstić information content (AvgIpc) is 1.07. The maximum absolute atomic E-state index is 13.7. The molecule has 728 valence electrons. The van der Waals surface area contributed by atoms with Gasteiger partial charge in [-0.3, -0.25) is 19.2 Å². The molecule has 0 spiro atoms. The minimum Gasteiger partial charge on any atom is -0.508 e. The highest BCUT2D eigenvalue weighted by atomic mass is 19.1. The van der Waals surface area contributed by atoms with E-state index >= 15 is 0 Å². The van der Waals surface area contributed by atoms with Crippen LogP contribution in [0.3, 0.4) is 0 Å². The summed E-state index contributed by atoms with van der Waals surface area (Å²) >= 11 is 0. The number of H-pyrrole nitrogens is 4. The number of carbonyl (C=O) groups is 7. The molecule has 2 amide bonds. The summed E-state index contributed by atoms with van der Waals surface area (Å²) in [5, 5.41) is 56.9. The third-order valence-corrected chi connectivity index (χ3v) is 23.5. The molecule has 29 nitrogen and oxygen atoms in total. The van der Waals surface area contributed by atoms with E-state index in [9.17, 15) is 85.4 Å². The molecule has 7 heterocycles. The summed E-state index contributed by atoms with van der Waals surface area (Å²) in [6, 6.07) is 67.4. The zero-order valence-corrected chi connectivity index (χ0v) is 76.9. The van der Waals surface area contributed by atoms with E-state index in [1.54, 1.807) is 164 Å². The average molecular weight is 1960 g/mol. The number of esters is 3. The van der Waals surface area contributed by atoms with E-state index in [-0.39, 0.29) is 64.4 Å². The number of hydrogen-bond acceptors (Lipinski definition) is 21. The normalized spacial score (nSPS) is 11.9. The number of hydrogen-bond donors (Lipinski definition) is 13. The van der Waals surface area contributed by atoms with Gasteiger partial charge in [-0.1, -0.05) is 18.2 Å². The van der Waals surface area contributed by atoms with Gasteiger partial charge in [0, 0.05) is 139 Å². The van der Waals surface area contributed by atoms with Gasteiger partial charge in [-0.2, -0.15) is 0 Å². The summed E-state index contributed by atoms with van der Waals surface area (Å²) in [7, 11) is 3.89. The lowest BCUT2D eigenvalue weighted by atomic mass is 10.0. The fourth-order valence-electron chi connectivity index (χ4n) is 16.1. The Morgan fingerprint density at radius 2 is 0.566 bits per heavy atom. The SMILES string of the molecule is COC(=O)[C@@H](N)Cc1c[nH]c2ccc(O)cc12.COC(=O)[C@@H](N)Cc1c[nH]c2ccccc12.COC(=O)[C@H](Cc1c[nH]c2ccc(O)cc12)NC(=O)c1ccc2nc(-c3ccc(F)cc3)c(-c3ccc(F)cc3)nc2c1.O=C(N[C@@H](Cc1c[nH]c2ccc(O)cc12)C(=O)O)c1ccc2nc(-c3ccc(F)cc3)c(-c3ccc(F)cc3)nc2c1.O=C(O)c1ccc2nc(-c3ccc(F)cc3)c(-c3ccc(F)cc3)nc2c1. The molecule has 13 aromatic carbocycles. The molecule has 15 N–H and O–H groups in total. The lowest BCUT2D eigenvalue weighted by molar-refractivity contribution is -0.143. The summed E-state index contributed by atoms with van der Waals surface area (Å²) in [4.78, 5) is 126. The predicted molar refractivity (Wildman–Crippen MR) is 533 cm³/mol. The number of rotatable bonds is 23. The number of ether oxygens (including phenoxy) is 3. The Labute approximate surface area is 819 Å². The first-order valence-electron chi connectivity index (χ1n) is 44.6. The molecule has 0 saturated heterocycles. The summed E-state index contributed by atoms with van der Waals surface area (Å²) in [5.41, 5.74) is 27.5. The van der Waals surface area contributed by atoms with Gasteiger partial charge in [-0.15, -0.1) is 0 Å². The number of phenolic OH excluding ortho intramolecular Hbond substituents is 3. The largest absolute Gasteiger partial charge is 0.508 e. The molecule has 0 bridgehead atoms. The van der Waals surface area contributed by atoms with Crippen LogP contribution in [0.4, 0.5) is 26.3 Å². The fraction of sp³-hybridized carbons (Fsp3) is 0.100. The number of nitrogens with two attached hydrogens (primary N) is 2. The van der Waals surface area contributed by atoms with E-state index < -0.39 is 83.1 Å². The Hall–Kier alpha value is -18.8. The van der Waals surface area contributed by atoms with E-state index in [1.807, 2.05) is 30.5 Å². The van der Waals surface area contributed by atoms with Gasteiger partial charge in [0.2, 0.25) is 0 Å². The van der Waals surface area contributed by atoms with Crippen LogP contribution in [0.1, 0.15) is 53.3 Å². The standard InChI is InChI=1S/C33H24F2N4O4.C32H22F2N4O4.C21H12F2N2O2.C12H14N2O3.C12H14N2O2/c1-43-33(42)29(15-21-17-36-26-13-11-24(40)16-25(21)26)39-32(41)20-6-12-27-28(14-20)38-31(19-4-9-23(35)10-5-19)30(37-27)18-2-7-22(34)8-3-18;33-21-6-1-17(2-7-21)29-30(18-3-8-22(34)9-4-18)37-27-13-19(5-11-26(27)36-29)31(40)38-28(32(41)42)14-20-16-35-25-12-10-23(39)15-24(20)25;22-15-6-1-12(2-7-15)19-20(13-3-8-16(23)9-4-13)25-18-11-14(21(26)27)5-10-17(18)24-19;1-17-12(16)10(13)4-7-6-14-11-3-2-8(15)5-9(7)11;1-16-12(15)10(13)6-8-7-14-11-5-3-2-4-9(8)11/h2-14,16-17,29,36,40H,15H2,1H3,(H,39,41);1-13,15-16,28,35,39H,14H2,(H,38,40)(H,41,42);1-11H,(H,26,27);2-3,5-6,10,14-15H,4,13H2,1H3;2-5,7,10,14H,6,13H2,1H3/t29-;28-;;2*10-/m00.00/s1. The van der Waals surface area contributed by atoms with Crippen molar-refractivity contribution in [1.82, 2.24) is 60.5 Å². The summed E-state index contributed by atoms with van der Waals surface area (Å²) in [6.07, 6.45) is 7.98. The summed E-state index contributed by atoms with van der Waals surface area (Å²) in [6.45, 7) is 0. The van der Waals surface area contributed by atoms with Crippen molar-refractivity contribution in [2.45, 2.75) is 49.9 Å². The molecule has 0 saturated carbocycles. The summed E-state index contributed by atoms with van der Waals surface area (Å²) < 4.78 is 95.4. The number of nitrogens with one attached hydrogen (secondary N) is 6. The maximum Gasteiger partial charge on any atom is 0.335 e. The number of aromatic carboxylic acids is 1. The van der Waals surface area contributed by atoms with E-state index in [4.69, 9.17) is 36.1 Å². The molecule has 20 aromatic rings. The fourth-order valence-corrected chi connectivity index (χ4v) is 16.1. The molecule has 4 atom stereocenters. The first-order chi connectivity index (χ1) is 69.9. The number of aromatic amines is 4. The van der Waals surface area contributed by atoms with Crippen LogP contribution in [-0.4, -0.2) is 163 Å². The van der Waals surface area contributed by atoms with Crippen LogP contribution in [0.2, 0.25) is 0 Å².